The fourth-order valence-electron chi connectivity index (χ4n) is 2.49. The Morgan fingerprint density at radius 1 is 1.17 bits per heavy atom. The zero-order chi connectivity index (χ0) is 17.5. The summed E-state index contributed by atoms with van der Waals surface area (Å²) in [5.74, 6) is -0.0814. The molecule has 0 saturated heterocycles. The average molecular weight is 361 g/mol. The van der Waals surface area contributed by atoms with Crippen LogP contribution in [0.3, 0.4) is 0 Å². The molecule has 1 heterocycles. The summed E-state index contributed by atoms with van der Waals surface area (Å²) in [7, 11) is 0. The number of aliphatic imine (C=N–C) groups is 1. The van der Waals surface area contributed by atoms with Crippen molar-refractivity contribution < 1.29 is 9.36 Å². The third-order valence-corrected chi connectivity index (χ3v) is 4.29. The summed E-state index contributed by atoms with van der Waals surface area (Å²) in [6.45, 7) is 4.60. The number of carbonyl (C=O) groups excluding carboxylic acids is 1. The molecule has 0 aliphatic heterocycles. The van der Waals surface area contributed by atoms with E-state index in [4.69, 9.17) is 24.2 Å². The average Bonchev–Trinajstić information content (AvgIpc) is 2.58. The first kappa shape index (κ1) is 18.6. The molecule has 126 valence electrons. The number of hydrogen-bond donors (Lipinski definition) is 0. The Bertz CT molecular complexity index is 711. The first-order valence-electron chi connectivity index (χ1n) is 8.07. The van der Waals surface area contributed by atoms with Crippen molar-refractivity contribution in [1.29, 1.82) is 0 Å². The van der Waals surface area contributed by atoms with E-state index in [-0.39, 0.29) is 5.78 Å². The van der Waals surface area contributed by atoms with Crippen molar-refractivity contribution in [2.75, 3.05) is 6.54 Å². The van der Waals surface area contributed by atoms with Crippen LogP contribution in [0.25, 0.3) is 0 Å². The van der Waals surface area contributed by atoms with Crippen LogP contribution < -0.4 is 4.57 Å². The van der Waals surface area contributed by atoms with Gasteiger partial charge in [-0.25, -0.2) is 0 Å². The minimum atomic E-state index is -0.614. The predicted octanol–water partition coefficient (Wildman–Crippen LogP) is 3.97. The Hall–Kier alpha value is -1.78. The van der Waals surface area contributed by atoms with Gasteiger partial charge in [-0.3, -0.25) is 4.79 Å². The minimum Gasteiger partial charge on any atom is -0.758 e. The van der Waals surface area contributed by atoms with E-state index < -0.39 is 6.04 Å². The van der Waals surface area contributed by atoms with Crippen molar-refractivity contribution in [2.24, 2.45) is 4.99 Å². The van der Waals surface area contributed by atoms with E-state index in [0.29, 0.717) is 22.2 Å². The van der Waals surface area contributed by atoms with E-state index in [1.165, 1.54) is 5.56 Å². The summed E-state index contributed by atoms with van der Waals surface area (Å²) < 4.78 is 1.83. The first-order valence-corrected chi connectivity index (χ1v) is 8.86. The van der Waals surface area contributed by atoms with Gasteiger partial charge in [-0.2, -0.15) is 4.57 Å². The van der Waals surface area contributed by atoms with Gasteiger partial charge in [-0.15, -0.1) is 0 Å². The molecule has 3 nitrogen and oxygen atoms in total. The van der Waals surface area contributed by atoms with E-state index in [0.717, 1.165) is 12.8 Å². The molecule has 24 heavy (non-hydrogen) atoms. The van der Waals surface area contributed by atoms with Gasteiger partial charge >= 0.3 is 0 Å². The molecule has 1 atom stereocenters. The Morgan fingerprint density at radius 3 is 2.33 bits per heavy atom. The lowest BCUT2D eigenvalue weighted by molar-refractivity contribution is -0.692. The standard InChI is InChI=1S/C19H21ClN2OS/c1-3-5-14-10-12-22(13-11-14)17(19(24)21-4-2)18(23)15-6-8-16(20)9-7-15/h6-13,17H,3-5H2,1-2H3/t17-/m1/s1. The molecule has 5 heteroatoms. The van der Waals surface area contributed by atoms with E-state index in [2.05, 4.69) is 11.9 Å². The van der Waals surface area contributed by atoms with Crippen molar-refractivity contribution in [2.45, 2.75) is 32.7 Å². The number of ketones is 1. The van der Waals surface area contributed by atoms with E-state index >= 15 is 0 Å². The van der Waals surface area contributed by atoms with Crippen LogP contribution in [0.5, 0.6) is 0 Å². The Morgan fingerprint density at radius 2 is 1.79 bits per heavy atom. The van der Waals surface area contributed by atoms with Crippen LogP contribution in [-0.2, 0) is 19.0 Å². The van der Waals surface area contributed by atoms with Crippen LogP contribution in [0, 0.1) is 0 Å². The number of nitrogens with zero attached hydrogens (tertiary/aromatic N) is 2. The number of carbonyl (C=O) groups is 1. The molecule has 2 rings (SSSR count). The molecule has 0 saturated carbocycles. The topological polar surface area (TPSA) is 33.3 Å². The zero-order valence-corrected chi connectivity index (χ0v) is 15.5. The molecule has 1 aromatic heterocycles. The fraction of sp³-hybridized carbons (Fsp3) is 0.316. The normalized spacial score (nSPS) is 12.9. The predicted molar refractivity (Wildman–Crippen MR) is 101 cm³/mol. The Kier molecular flexibility index (Phi) is 6.88. The molecule has 0 aliphatic carbocycles. The molecular formula is C19H21ClN2OS. The fourth-order valence-corrected chi connectivity index (χ4v) is 2.97. The van der Waals surface area contributed by atoms with E-state index in [1.807, 2.05) is 36.0 Å². The number of pyridine rings is 1. The maximum atomic E-state index is 13.0. The Balaban J connectivity index is 2.39. The van der Waals surface area contributed by atoms with Crippen molar-refractivity contribution in [3.05, 3.63) is 64.9 Å². The van der Waals surface area contributed by atoms with Gasteiger partial charge in [0.2, 0.25) is 11.8 Å². The summed E-state index contributed by atoms with van der Waals surface area (Å²) >= 11 is 11.3. The highest BCUT2D eigenvalue weighted by Gasteiger charge is 2.28. The third-order valence-electron chi connectivity index (χ3n) is 3.68. The maximum Gasteiger partial charge on any atom is 0.237 e. The molecule has 0 bridgehead atoms. The molecular weight excluding hydrogens is 340 g/mol. The van der Waals surface area contributed by atoms with Gasteiger partial charge in [-0.05, 0) is 48.2 Å². The van der Waals surface area contributed by atoms with Gasteiger partial charge in [0.1, 0.15) is 0 Å². The van der Waals surface area contributed by atoms with Gasteiger partial charge in [0.05, 0.1) is 0 Å². The van der Waals surface area contributed by atoms with Crippen molar-refractivity contribution >= 4 is 35.1 Å². The summed E-state index contributed by atoms with van der Waals surface area (Å²) in [5, 5.41) is 0.992. The molecule has 0 unspecified atom stereocenters. The third kappa shape index (κ3) is 4.62. The second-order valence-electron chi connectivity index (χ2n) is 5.49. The second kappa shape index (κ2) is 8.90. The molecule has 0 spiro atoms. The highest BCUT2D eigenvalue weighted by atomic mass is 35.5. The number of aromatic nitrogens is 1. The van der Waals surface area contributed by atoms with Crippen molar-refractivity contribution in [3.8, 4) is 0 Å². The highest BCUT2D eigenvalue weighted by Crippen LogP contribution is 2.15. The molecule has 2 aromatic rings. The van der Waals surface area contributed by atoms with Crippen molar-refractivity contribution in [1.82, 2.24) is 0 Å². The largest absolute Gasteiger partial charge is 0.758 e. The highest BCUT2D eigenvalue weighted by molar-refractivity contribution is 7.77. The summed E-state index contributed by atoms with van der Waals surface area (Å²) in [5.41, 5.74) is 1.81. The molecule has 1 aromatic carbocycles. The Labute approximate surface area is 153 Å². The van der Waals surface area contributed by atoms with Crippen LogP contribution in [0.4, 0.5) is 0 Å². The van der Waals surface area contributed by atoms with Crippen molar-refractivity contribution in [3.63, 3.8) is 0 Å². The van der Waals surface area contributed by atoms with E-state index in [9.17, 15) is 4.79 Å². The zero-order valence-electron chi connectivity index (χ0n) is 13.9. The lowest BCUT2D eigenvalue weighted by Crippen LogP contribution is -2.47. The van der Waals surface area contributed by atoms with Crippen LogP contribution in [0.15, 0.2) is 53.8 Å². The number of rotatable bonds is 7. The van der Waals surface area contributed by atoms with Crippen LogP contribution in [0.2, 0.25) is 5.02 Å². The maximum absolute atomic E-state index is 13.0. The summed E-state index contributed by atoms with van der Waals surface area (Å²) in [4.78, 5) is 17.3. The molecule has 0 aliphatic rings. The van der Waals surface area contributed by atoms with Gasteiger partial charge in [0.15, 0.2) is 12.4 Å². The van der Waals surface area contributed by atoms with Gasteiger partial charge < -0.3 is 17.6 Å². The first-order chi connectivity index (χ1) is 11.6. The number of halogens is 1. The summed E-state index contributed by atoms with van der Waals surface area (Å²) in [6.07, 6.45) is 5.91. The lowest BCUT2D eigenvalue weighted by atomic mass is 10.0. The number of aryl methyl sites for hydroxylation is 1. The quantitative estimate of drug-likeness (QED) is 0.246. The minimum absolute atomic E-state index is 0.0814. The molecule has 0 amide bonds. The van der Waals surface area contributed by atoms with Gasteiger partial charge in [-0.1, -0.05) is 24.9 Å². The lowest BCUT2D eigenvalue weighted by Gasteiger charge is -2.18. The van der Waals surface area contributed by atoms with E-state index in [1.54, 1.807) is 24.3 Å². The monoisotopic (exact) mass is 360 g/mol. The second-order valence-corrected chi connectivity index (χ2v) is 6.34. The number of benzene rings is 1. The van der Waals surface area contributed by atoms with Crippen LogP contribution in [0.1, 0.15) is 42.2 Å². The van der Waals surface area contributed by atoms with Gasteiger partial charge in [0, 0.05) is 29.3 Å². The van der Waals surface area contributed by atoms with Gasteiger partial charge in [0.25, 0.3) is 0 Å². The molecule has 0 radical (unpaired) electrons. The SMILES string of the molecule is CCCc1cc[n+]([C@H](C(=O)c2ccc(Cl)cc2)C([S-])=NCC)cc1. The molecule has 0 fully saturated rings. The summed E-state index contributed by atoms with van der Waals surface area (Å²) in [6, 6.07) is 10.3. The molecule has 0 N–H and O–H groups in total. The smallest absolute Gasteiger partial charge is 0.237 e. The van der Waals surface area contributed by atoms with Crippen LogP contribution >= 0.6 is 11.6 Å². The number of Topliss-reactive ketones (excluding diaryl/α,β-unsaturated/α-hetero) is 1. The van der Waals surface area contributed by atoms with Crippen LogP contribution in [-0.4, -0.2) is 17.4 Å². The number of hydrogen-bond acceptors (Lipinski definition) is 3.